The van der Waals surface area contributed by atoms with Gasteiger partial charge in [-0.3, -0.25) is 0 Å². The Hall–Kier alpha value is -0.340. The third-order valence-electron chi connectivity index (χ3n) is 2.22. The van der Waals surface area contributed by atoms with Crippen LogP contribution in [0.15, 0.2) is 29.2 Å². The minimum absolute atomic E-state index is 0.213. The summed E-state index contributed by atoms with van der Waals surface area (Å²) in [5.41, 5.74) is 1.58. The van der Waals surface area contributed by atoms with Crippen molar-refractivity contribution >= 4 is 28.2 Å². The lowest BCUT2D eigenvalue weighted by molar-refractivity contribution is 0.589. The SMILES string of the molecule is CCC(=S)Sc1cccc(C(C)(C)C)c1. The largest absolute Gasteiger partial charge is 0.0828 e. The Kier molecular flexibility index (Phi) is 4.35. The van der Waals surface area contributed by atoms with Crippen LogP contribution in [0.25, 0.3) is 0 Å². The highest BCUT2D eigenvalue weighted by molar-refractivity contribution is 8.23. The van der Waals surface area contributed by atoms with Gasteiger partial charge in [0.1, 0.15) is 0 Å². The third kappa shape index (κ3) is 3.96. The predicted octanol–water partition coefficient (Wildman–Crippen LogP) is 4.81. The number of benzene rings is 1. The maximum atomic E-state index is 5.24. The minimum atomic E-state index is 0.213. The first-order valence-corrected chi connectivity index (χ1v) is 6.47. The van der Waals surface area contributed by atoms with Crippen molar-refractivity contribution in [3.05, 3.63) is 29.8 Å². The summed E-state index contributed by atoms with van der Waals surface area (Å²) in [4.78, 5) is 1.26. The molecule has 0 radical (unpaired) electrons. The molecule has 0 saturated carbocycles. The maximum absolute atomic E-state index is 5.24. The molecule has 0 aliphatic carbocycles. The second-order valence-corrected chi connectivity index (χ2v) is 6.53. The fourth-order valence-corrected chi connectivity index (χ4v) is 2.26. The summed E-state index contributed by atoms with van der Waals surface area (Å²) in [5.74, 6) is 0. The van der Waals surface area contributed by atoms with Crippen molar-refractivity contribution in [1.29, 1.82) is 0 Å². The average Bonchev–Trinajstić information content (AvgIpc) is 2.17. The Bertz CT molecular complexity index is 348. The summed E-state index contributed by atoms with van der Waals surface area (Å²) in [6, 6.07) is 8.66. The Morgan fingerprint density at radius 3 is 2.53 bits per heavy atom. The fraction of sp³-hybridized carbons (Fsp3) is 0.462. The van der Waals surface area contributed by atoms with Crippen LogP contribution in [0.1, 0.15) is 39.7 Å². The molecule has 0 N–H and O–H groups in total. The minimum Gasteiger partial charge on any atom is -0.0828 e. The highest BCUT2D eigenvalue weighted by atomic mass is 32.2. The van der Waals surface area contributed by atoms with Gasteiger partial charge < -0.3 is 0 Å². The topological polar surface area (TPSA) is 0 Å². The van der Waals surface area contributed by atoms with Gasteiger partial charge in [-0.15, -0.1) is 0 Å². The normalized spacial score (nSPS) is 11.5. The molecule has 0 nitrogen and oxygen atoms in total. The van der Waals surface area contributed by atoms with Crippen LogP contribution in [-0.2, 0) is 5.41 Å². The van der Waals surface area contributed by atoms with Crippen molar-refractivity contribution in [3.63, 3.8) is 0 Å². The number of hydrogen-bond donors (Lipinski definition) is 0. The lowest BCUT2D eigenvalue weighted by Crippen LogP contribution is -2.10. The first-order valence-electron chi connectivity index (χ1n) is 5.24. The molecule has 82 valence electrons. The molecule has 1 aromatic rings. The van der Waals surface area contributed by atoms with Crippen LogP contribution in [0.3, 0.4) is 0 Å². The van der Waals surface area contributed by atoms with Crippen LogP contribution >= 0.6 is 24.0 Å². The fourth-order valence-electron chi connectivity index (χ4n) is 1.23. The van der Waals surface area contributed by atoms with Crippen molar-refractivity contribution in [2.45, 2.75) is 44.4 Å². The van der Waals surface area contributed by atoms with E-state index in [4.69, 9.17) is 12.2 Å². The molecule has 15 heavy (non-hydrogen) atoms. The van der Waals surface area contributed by atoms with Crippen molar-refractivity contribution < 1.29 is 0 Å². The zero-order valence-corrected chi connectivity index (χ0v) is 11.5. The van der Waals surface area contributed by atoms with E-state index in [0.717, 1.165) is 10.6 Å². The molecule has 0 aliphatic heterocycles. The van der Waals surface area contributed by atoms with Crippen LogP contribution < -0.4 is 0 Å². The van der Waals surface area contributed by atoms with Gasteiger partial charge in [0, 0.05) is 4.90 Å². The molecule has 0 atom stereocenters. The number of rotatable bonds is 2. The molecule has 0 amide bonds. The van der Waals surface area contributed by atoms with E-state index in [-0.39, 0.29) is 5.41 Å². The van der Waals surface area contributed by atoms with E-state index in [1.165, 1.54) is 10.5 Å². The van der Waals surface area contributed by atoms with Crippen molar-refractivity contribution in [1.82, 2.24) is 0 Å². The molecule has 1 aromatic carbocycles. The molecule has 2 heteroatoms. The smallest absolute Gasteiger partial charge is 0.0524 e. The van der Waals surface area contributed by atoms with E-state index >= 15 is 0 Å². The van der Waals surface area contributed by atoms with Gasteiger partial charge in [0.2, 0.25) is 0 Å². The highest BCUT2D eigenvalue weighted by Gasteiger charge is 2.13. The van der Waals surface area contributed by atoms with Gasteiger partial charge in [-0.25, -0.2) is 0 Å². The number of hydrogen-bond acceptors (Lipinski definition) is 2. The first kappa shape index (κ1) is 12.7. The summed E-state index contributed by atoms with van der Waals surface area (Å²) in [6.07, 6.45) is 0.958. The second kappa shape index (κ2) is 5.13. The van der Waals surface area contributed by atoms with Crippen molar-refractivity contribution in [2.24, 2.45) is 0 Å². The van der Waals surface area contributed by atoms with Crippen LogP contribution in [0.4, 0.5) is 0 Å². The van der Waals surface area contributed by atoms with Gasteiger partial charge in [0.05, 0.1) is 4.20 Å². The zero-order chi connectivity index (χ0) is 11.5. The lowest BCUT2D eigenvalue weighted by atomic mass is 9.87. The molecular formula is C13H18S2. The van der Waals surface area contributed by atoms with Crippen LogP contribution in [-0.4, -0.2) is 4.20 Å². The predicted molar refractivity (Wildman–Crippen MR) is 73.9 cm³/mol. The molecule has 0 unspecified atom stereocenters. The van der Waals surface area contributed by atoms with E-state index in [2.05, 4.69) is 52.0 Å². The first-order chi connectivity index (χ1) is 6.93. The average molecular weight is 238 g/mol. The van der Waals surface area contributed by atoms with Gasteiger partial charge in [-0.1, -0.05) is 63.8 Å². The molecule has 1 rings (SSSR count). The van der Waals surface area contributed by atoms with E-state index in [1.54, 1.807) is 11.8 Å². The Balaban J connectivity index is 2.88. The van der Waals surface area contributed by atoms with Gasteiger partial charge >= 0.3 is 0 Å². The van der Waals surface area contributed by atoms with Gasteiger partial charge in [0.15, 0.2) is 0 Å². The molecular weight excluding hydrogens is 220 g/mol. The lowest BCUT2D eigenvalue weighted by Gasteiger charge is -2.19. The molecule has 0 spiro atoms. The third-order valence-corrected chi connectivity index (χ3v) is 3.77. The van der Waals surface area contributed by atoms with E-state index in [0.29, 0.717) is 0 Å². The van der Waals surface area contributed by atoms with Gasteiger partial charge in [0.25, 0.3) is 0 Å². The molecule has 0 saturated heterocycles. The van der Waals surface area contributed by atoms with E-state index < -0.39 is 0 Å². The van der Waals surface area contributed by atoms with Crippen LogP contribution in [0, 0.1) is 0 Å². The number of thioether (sulfide) groups is 1. The highest BCUT2D eigenvalue weighted by Crippen LogP contribution is 2.28. The summed E-state index contributed by atoms with van der Waals surface area (Å²) in [6.45, 7) is 8.79. The molecule has 0 aromatic heterocycles. The summed E-state index contributed by atoms with van der Waals surface area (Å²) >= 11 is 6.94. The Morgan fingerprint density at radius 2 is 2.00 bits per heavy atom. The Morgan fingerprint density at radius 1 is 1.33 bits per heavy atom. The zero-order valence-electron chi connectivity index (χ0n) is 9.83. The van der Waals surface area contributed by atoms with Crippen LogP contribution in [0.2, 0.25) is 0 Å². The summed E-state index contributed by atoms with van der Waals surface area (Å²) in [7, 11) is 0. The summed E-state index contributed by atoms with van der Waals surface area (Å²) < 4.78 is 1.06. The summed E-state index contributed by atoms with van der Waals surface area (Å²) in [5, 5.41) is 0. The maximum Gasteiger partial charge on any atom is 0.0524 e. The standard InChI is InChI=1S/C13H18S2/c1-5-12(14)15-11-8-6-7-10(9-11)13(2,3)4/h6-9H,5H2,1-4H3. The molecule has 0 aliphatic rings. The molecule has 0 heterocycles. The number of thiocarbonyl (C=S) groups is 1. The second-order valence-electron chi connectivity index (χ2n) is 4.61. The van der Waals surface area contributed by atoms with Crippen molar-refractivity contribution in [2.75, 3.05) is 0 Å². The van der Waals surface area contributed by atoms with Gasteiger partial charge in [-0.2, -0.15) is 0 Å². The Labute approximate surface area is 102 Å². The van der Waals surface area contributed by atoms with E-state index in [1.807, 2.05) is 0 Å². The van der Waals surface area contributed by atoms with Gasteiger partial charge in [-0.05, 0) is 29.5 Å². The molecule has 0 fully saturated rings. The quantitative estimate of drug-likeness (QED) is 0.535. The van der Waals surface area contributed by atoms with E-state index in [9.17, 15) is 0 Å². The molecule has 0 bridgehead atoms. The monoisotopic (exact) mass is 238 g/mol. The van der Waals surface area contributed by atoms with Crippen molar-refractivity contribution in [3.8, 4) is 0 Å². The van der Waals surface area contributed by atoms with Crippen LogP contribution in [0.5, 0.6) is 0 Å².